The first-order chi connectivity index (χ1) is 15.3. The van der Waals surface area contributed by atoms with E-state index in [1.165, 1.54) is 6.07 Å². The second kappa shape index (κ2) is 9.33. The molecule has 1 atom stereocenters. The lowest BCUT2D eigenvalue weighted by atomic mass is 10.1. The van der Waals surface area contributed by atoms with E-state index in [1.807, 2.05) is 47.2 Å². The second-order valence-electron chi connectivity index (χ2n) is 8.68. The molecule has 1 unspecified atom stereocenters. The van der Waals surface area contributed by atoms with Gasteiger partial charge in [-0.25, -0.2) is 4.39 Å². The van der Waals surface area contributed by atoms with Gasteiger partial charge in [-0.3, -0.25) is 4.79 Å². The molecule has 7 heteroatoms. The van der Waals surface area contributed by atoms with E-state index in [0.29, 0.717) is 61.1 Å². The molecule has 4 rings (SSSR count). The number of benzene rings is 2. The van der Waals surface area contributed by atoms with Crippen molar-refractivity contribution in [3.63, 3.8) is 0 Å². The van der Waals surface area contributed by atoms with Crippen LogP contribution in [0.1, 0.15) is 30.6 Å². The minimum Gasteiger partial charge on any atom is -0.366 e. The highest BCUT2D eigenvalue weighted by Crippen LogP contribution is 2.28. The van der Waals surface area contributed by atoms with Crippen LogP contribution in [0.5, 0.6) is 0 Å². The first kappa shape index (κ1) is 22.3. The molecule has 168 valence electrons. The van der Waals surface area contributed by atoms with Gasteiger partial charge in [0, 0.05) is 55.0 Å². The number of nitrogens with one attached hydrogen (secondary N) is 1. The lowest BCUT2D eigenvalue weighted by Gasteiger charge is -2.36. The minimum absolute atomic E-state index is 0.0138. The molecule has 1 N–H and O–H groups in total. The zero-order valence-electron chi connectivity index (χ0n) is 18.4. The molecule has 0 radical (unpaired) electrons. The van der Waals surface area contributed by atoms with Crippen molar-refractivity contribution in [1.29, 1.82) is 5.41 Å². The molecular formula is C25H28ClFN4O. The Kier molecular flexibility index (Phi) is 6.51. The standard InChI is InChI=1S/C25H28ClFN4O/c1-17(13-18(2)28)15-31-16-21(20-8-7-19(26)14-24(20)31)25(32)30-11-9-29(10-12-30)23-6-4-3-5-22(23)27/h3-8,14,16-17,28H,9-13,15H2,1-2H3. The number of carbonyl (C=O) groups excluding carboxylic acids is 1. The van der Waals surface area contributed by atoms with Gasteiger partial charge >= 0.3 is 0 Å². The predicted molar refractivity (Wildman–Crippen MR) is 129 cm³/mol. The maximum atomic E-state index is 14.1. The summed E-state index contributed by atoms with van der Waals surface area (Å²) in [6.07, 6.45) is 2.63. The lowest BCUT2D eigenvalue weighted by Crippen LogP contribution is -2.49. The van der Waals surface area contributed by atoms with Crippen LogP contribution < -0.4 is 4.90 Å². The molecule has 0 spiro atoms. The normalized spacial score (nSPS) is 15.2. The topological polar surface area (TPSA) is 52.3 Å². The van der Waals surface area contributed by atoms with Gasteiger partial charge in [0.1, 0.15) is 5.82 Å². The number of rotatable bonds is 6. The number of piperazine rings is 1. The fourth-order valence-corrected chi connectivity index (χ4v) is 4.70. The summed E-state index contributed by atoms with van der Waals surface area (Å²) < 4.78 is 16.2. The van der Waals surface area contributed by atoms with E-state index in [4.69, 9.17) is 17.0 Å². The monoisotopic (exact) mass is 454 g/mol. The highest BCUT2D eigenvalue weighted by atomic mass is 35.5. The van der Waals surface area contributed by atoms with Crippen LogP contribution in [0, 0.1) is 17.1 Å². The first-order valence-electron chi connectivity index (χ1n) is 10.9. The van der Waals surface area contributed by atoms with Crippen LogP contribution in [0.2, 0.25) is 5.02 Å². The molecular weight excluding hydrogens is 427 g/mol. The van der Waals surface area contributed by atoms with Crippen molar-refractivity contribution in [2.75, 3.05) is 31.1 Å². The van der Waals surface area contributed by atoms with Crippen LogP contribution in [0.15, 0.2) is 48.7 Å². The fourth-order valence-electron chi connectivity index (χ4n) is 4.54. The van der Waals surface area contributed by atoms with E-state index < -0.39 is 0 Å². The van der Waals surface area contributed by atoms with Crippen LogP contribution in [0.25, 0.3) is 10.9 Å². The molecule has 1 amide bonds. The van der Waals surface area contributed by atoms with Crippen molar-refractivity contribution in [3.8, 4) is 0 Å². The van der Waals surface area contributed by atoms with Crippen molar-refractivity contribution in [2.45, 2.75) is 26.8 Å². The van der Waals surface area contributed by atoms with Gasteiger partial charge in [-0.05, 0) is 43.5 Å². The van der Waals surface area contributed by atoms with E-state index in [9.17, 15) is 9.18 Å². The van der Waals surface area contributed by atoms with Crippen molar-refractivity contribution in [1.82, 2.24) is 9.47 Å². The molecule has 3 aromatic rings. The van der Waals surface area contributed by atoms with Gasteiger partial charge < -0.3 is 19.8 Å². The molecule has 2 aromatic carbocycles. The number of carbonyl (C=O) groups is 1. The van der Waals surface area contributed by atoms with Crippen LogP contribution in [-0.4, -0.2) is 47.3 Å². The van der Waals surface area contributed by atoms with E-state index >= 15 is 0 Å². The SMILES string of the molecule is CC(=N)CC(C)Cn1cc(C(=O)N2CCN(c3ccccc3F)CC2)c2ccc(Cl)cc21. The van der Waals surface area contributed by atoms with Gasteiger partial charge in [0.05, 0.1) is 16.8 Å². The largest absolute Gasteiger partial charge is 0.366 e. The van der Waals surface area contributed by atoms with Crippen molar-refractivity contribution in [2.24, 2.45) is 5.92 Å². The van der Waals surface area contributed by atoms with Crippen molar-refractivity contribution in [3.05, 3.63) is 65.1 Å². The number of hydrogen-bond acceptors (Lipinski definition) is 3. The van der Waals surface area contributed by atoms with Crippen molar-refractivity contribution < 1.29 is 9.18 Å². The predicted octanol–water partition coefficient (Wildman–Crippen LogP) is 5.46. The molecule has 1 aromatic heterocycles. The van der Waals surface area contributed by atoms with Crippen LogP contribution in [-0.2, 0) is 6.54 Å². The van der Waals surface area contributed by atoms with E-state index in [2.05, 4.69) is 11.5 Å². The molecule has 32 heavy (non-hydrogen) atoms. The Morgan fingerprint density at radius 3 is 2.56 bits per heavy atom. The third-order valence-electron chi connectivity index (χ3n) is 6.00. The third-order valence-corrected chi connectivity index (χ3v) is 6.23. The number of fused-ring (bicyclic) bond motifs is 1. The van der Waals surface area contributed by atoms with Crippen LogP contribution in [0.4, 0.5) is 10.1 Å². The van der Waals surface area contributed by atoms with E-state index in [0.717, 1.165) is 10.9 Å². The molecule has 1 aliphatic rings. The number of para-hydroxylation sites is 1. The number of hydrogen-bond donors (Lipinski definition) is 1. The average molecular weight is 455 g/mol. The Morgan fingerprint density at radius 1 is 1.16 bits per heavy atom. The average Bonchev–Trinajstić information content (AvgIpc) is 3.10. The number of anilines is 1. The summed E-state index contributed by atoms with van der Waals surface area (Å²) in [5, 5.41) is 9.28. The summed E-state index contributed by atoms with van der Waals surface area (Å²) in [5.74, 6) is 0.0241. The summed E-state index contributed by atoms with van der Waals surface area (Å²) in [7, 11) is 0. The molecule has 5 nitrogen and oxygen atoms in total. The van der Waals surface area contributed by atoms with Gasteiger partial charge in [-0.2, -0.15) is 0 Å². The Bertz CT molecular complexity index is 1150. The quantitative estimate of drug-likeness (QED) is 0.502. The van der Waals surface area contributed by atoms with Gasteiger partial charge in [0.2, 0.25) is 0 Å². The lowest BCUT2D eigenvalue weighted by molar-refractivity contribution is 0.0748. The van der Waals surface area contributed by atoms with Gasteiger partial charge in [0.25, 0.3) is 5.91 Å². The second-order valence-corrected chi connectivity index (χ2v) is 9.11. The highest BCUT2D eigenvalue weighted by Gasteiger charge is 2.26. The highest BCUT2D eigenvalue weighted by molar-refractivity contribution is 6.31. The summed E-state index contributed by atoms with van der Waals surface area (Å²) in [4.78, 5) is 17.3. The van der Waals surface area contributed by atoms with Gasteiger partial charge in [-0.15, -0.1) is 0 Å². The van der Waals surface area contributed by atoms with Crippen LogP contribution >= 0.6 is 11.6 Å². The molecule has 0 saturated carbocycles. The molecule has 0 bridgehead atoms. The zero-order valence-corrected chi connectivity index (χ0v) is 19.2. The number of halogens is 2. The molecule has 2 heterocycles. The number of nitrogens with zero attached hydrogens (tertiary/aromatic N) is 3. The third kappa shape index (κ3) is 4.65. The molecule has 0 aliphatic carbocycles. The smallest absolute Gasteiger partial charge is 0.256 e. The Labute approximate surface area is 192 Å². The molecule has 1 fully saturated rings. The zero-order chi connectivity index (χ0) is 22.8. The maximum absolute atomic E-state index is 14.1. The van der Waals surface area contributed by atoms with Gasteiger partial charge in [-0.1, -0.05) is 36.7 Å². The first-order valence-corrected chi connectivity index (χ1v) is 11.3. The number of aromatic nitrogens is 1. The minimum atomic E-state index is -0.235. The number of amides is 1. The molecule has 1 saturated heterocycles. The maximum Gasteiger partial charge on any atom is 0.256 e. The fraction of sp³-hybridized carbons (Fsp3) is 0.360. The van der Waals surface area contributed by atoms with Gasteiger partial charge in [0.15, 0.2) is 0 Å². The molecule has 1 aliphatic heterocycles. The summed E-state index contributed by atoms with van der Waals surface area (Å²) in [6.45, 7) is 6.89. The summed E-state index contributed by atoms with van der Waals surface area (Å²) >= 11 is 6.26. The summed E-state index contributed by atoms with van der Waals surface area (Å²) in [6, 6.07) is 12.4. The van der Waals surface area contributed by atoms with E-state index in [1.54, 1.807) is 12.1 Å². The van der Waals surface area contributed by atoms with Crippen molar-refractivity contribution >= 4 is 39.8 Å². The Balaban J connectivity index is 1.55. The Morgan fingerprint density at radius 2 is 1.88 bits per heavy atom. The summed E-state index contributed by atoms with van der Waals surface area (Å²) in [5.41, 5.74) is 2.83. The van der Waals surface area contributed by atoms with Crippen LogP contribution in [0.3, 0.4) is 0 Å². The Hall–Kier alpha value is -2.86. The van der Waals surface area contributed by atoms with E-state index in [-0.39, 0.29) is 17.6 Å².